The van der Waals surface area contributed by atoms with Crippen molar-refractivity contribution in [1.82, 2.24) is 20.2 Å². The number of amides is 1. The van der Waals surface area contributed by atoms with Crippen molar-refractivity contribution in [1.29, 1.82) is 0 Å². The monoisotopic (exact) mass is 359 g/mol. The Morgan fingerprint density at radius 2 is 1.88 bits per heavy atom. The highest BCUT2D eigenvalue weighted by Crippen LogP contribution is 2.19. The molecule has 3 aromatic rings. The highest BCUT2D eigenvalue weighted by Gasteiger charge is 2.11. The van der Waals surface area contributed by atoms with Gasteiger partial charge in [-0.15, -0.1) is 5.10 Å². The summed E-state index contributed by atoms with van der Waals surface area (Å²) in [5, 5.41) is 15.6. The fourth-order valence-corrected chi connectivity index (χ4v) is 2.79. The van der Waals surface area contributed by atoms with Crippen molar-refractivity contribution in [2.45, 2.75) is 12.1 Å². The van der Waals surface area contributed by atoms with Crippen molar-refractivity contribution in [3.8, 4) is 5.69 Å². The normalized spacial score (nSPS) is 10.6. The molecule has 0 saturated heterocycles. The molecular weight excluding hydrogens is 346 g/mol. The fourth-order valence-electron chi connectivity index (χ4n) is 1.98. The minimum absolute atomic E-state index is 0.138. The zero-order valence-corrected chi connectivity index (χ0v) is 14.4. The number of hydrogen-bond acceptors (Lipinski definition) is 5. The summed E-state index contributed by atoms with van der Waals surface area (Å²) in [5.74, 6) is 0.0651. The quantitative estimate of drug-likeness (QED) is 0.707. The molecule has 0 spiro atoms. The minimum atomic E-state index is -0.138. The van der Waals surface area contributed by atoms with Gasteiger partial charge in [0.1, 0.15) is 0 Å². The summed E-state index contributed by atoms with van der Waals surface area (Å²) >= 11 is 7.09. The lowest BCUT2D eigenvalue weighted by Gasteiger charge is -2.06. The molecule has 8 heteroatoms. The Balaban J connectivity index is 1.63. The van der Waals surface area contributed by atoms with Crippen LogP contribution in [0.1, 0.15) is 5.56 Å². The summed E-state index contributed by atoms with van der Waals surface area (Å²) in [6.07, 6.45) is 0. The summed E-state index contributed by atoms with van der Waals surface area (Å²) < 4.78 is 1.61. The average Bonchev–Trinajstić information content (AvgIpc) is 3.04. The molecule has 0 saturated carbocycles. The topological polar surface area (TPSA) is 72.7 Å². The number of tetrazole rings is 1. The molecule has 122 valence electrons. The molecule has 1 aromatic heterocycles. The number of nitrogens with one attached hydrogen (secondary N) is 1. The Morgan fingerprint density at radius 1 is 1.17 bits per heavy atom. The second kappa shape index (κ2) is 7.46. The Hall–Kier alpha value is -2.38. The molecule has 0 atom stereocenters. The second-order valence-electron chi connectivity index (χ2n) is 5.05. The van der Waals surface area contributed by atoms with Gasteiger partial charge in [-0.2, -0.15) is 4.68 Å². The van der Waals surface area contributed by atoms with Crippen LogP contribution in [0.5, 0.6) is 0 Å². The molecule has 1 heterocycles. The van der Waals surface area contributed by atoms with Crippen LogP contribution in [0.4, 0.5) is 5.69 Å². The molecule has 0 unspecified atom stereocenters. The van der Waals surface area contributed by atoms with Gasteiger partial charge in [0.05, 0.1) is 11.4 Å². The van der Waals surface area contributed by atoms with E-state index in [1.165, 1.54) is 11.8 Å². The molecule has 24 heavy (non-hydrogen) atoms. The lowest BCUT2D eigenvalue weighted by Crippen LogP contribution is -2.14. The van der Waals surface area contributed by atoms with Crippen LogP contribution in [0.2, 0.25) is 5.02 Å². The van der Waals surface area contributed by atoms with Crippen LogP contribution in [0.25, 0.3) is 5.69 Å². The highest BCUT2D eigenvalue weighted by molar-refractivity contribution is 7.99. The smallest absolute Gasteiger partial charge is 0.234 e. The maximum atomic E-state index is 12.0. The number of benzene rings is 2. The molecule has 1 amide bonds. The van der Waals surface area contributed by atoms with Gasteiger partial charge in [0.2, 0.25) is 11.1 Å². The Kier molecular flexibility index (Phi) is 5.12. The molecule has 2 aromatic carbocycles. The van der Waals surface area contributed by atoms with Crippen LogP contribution in [0.15, 0.2) is 53.7 Å². The zero-order valence-electron chi connectivity index (χ0n) is 12.8. The number of halogens is 1. The van der Waals surface area contributed by atoms with Crippen molar-refractivity contribution in [3.63, 3.8) is 0 Å². The number of carbonyl (C=O) groups is 1. The van der Waals surface area contributed by atoms with Gasteiger partial charge >= 0.3 is 0 Å². The first-order valence-electron chi connectivity index (χ1n) is 7.15. The first kappa shape index (κ1) is 16.5. The van der Waals surface area contributed by atoms with E-state index in [1.807, 2.05) is 31.2 Å². The van der Waals surface area contributed by atoms with Crippen molar-refractivity contribution in [3.05, 3.63) is 59.1 Å². The van der Waals surface area contributed by atoms with Crippen LogP contribution in [-0.2, 0) is 4.79 Å². The first-order chi connectivity index (χ1) is 11.6. The van der Waals surface area contributed by atoms with Gasteiger partial charge in [0.25, 0.3) is 0 Å². The van der Waals surface area contributed by atoms with Gasteiger partial charge in [0.15, 0.2) is 0 Å². The molecule has 0 fully saturated rings. The third-order valence-electron chi connectivity index (χ3n) is 3.18. The molecule has 0 aliphatic rings. The van der Waals surface area contributed by atoms with E-state index in [-0.39, 0.29) is 11.7 Å². The lowest BCUT2D eigenvalue weighted by atomic mass is 10.2. The highest BCUT2D eigenvalue weighted by atomic mass is 35.5. The molecule has 0 radical (unpaired) electrons. The van der Waals surface area contributed by atoms with Crippen molar-refractivity contribution in [2.75, 3.05) is 11.1 Å². The van der Waals surface area contributed by atoms with Crippen molar-refractivity contribution < 1.29 is 4.79 Å². The largest absolute Gasteiger partial charge is 0.325 e. The minimum Gasteiger partial charge on any atom is -0.325 e. The predicted octanol–water partition coefficient (Wildman–Crippen LogP) is 3.35. The van der Waals surface area contributed by atoms with E-state index in [0.29, 0.717) is 15.9 Å². The van der Waals surface area contributed by atoms with Crippen LogP contribution in [0.3, 0.4) is 0 Å². The number of carbonyl (C=O) groups excluding carboxylic acids is 1. The number of aromatic nitrogens is 4. The van der Waals surface area contributed by atoms with Crippen LogP contribution in [-0.4, -0.2) is 31.9 Å². The number of aryl methyl sites for hydroxylation is 1. The molecule has 1 N–H and O–H groups in total. The number of hydrogen-bond donors (Lipinski definition) is 1. The molecule has 0 aliphatic carbocycles. The van der Waals surface area contributed by atoms with Gasteiger partial charge in [-0.1, -0.05) is 41.1 Å². The van der Waals surface area contributed by atoms with Crippen LogP contribution in [0, 0.1) is 6.92 Å². The Labute approximate surface area is 148 Å². The number of rotatable bonds is 5. The molecule has 6 nitrogen and oxygen atoms in total. The van der Waals surface area contributed by atoms with Gasteiger partial charge in [-0.25, -0.2) is 0 Å². The van der Waals surface area contributed by atoms with Gasteiger partial charge in [-0.3, -0.25) is 4.79 Å². The SMILES string of the molecule is Cc1ccc(-n2nnnc2SCC(=O)Nc2ccc(Cl)cc2)cc1. The van der Waals surface area contributed by atoms with E-state index in [4.69, 9.17) is 11.6 Å². The number of thioether (sulfide) groups is 1. The number of anilines is 1. The molecule has 3 rings (SSSR count). The van der Waals surface area contributed by atoms with E-state index in [9.17, 15) is 4.79 Å². The first-order valence-corrected chi connectivity index (χ1v) is 8.52. The third-order valence-corrected chi connectivity index (χ3v) is 4.35. The average molecular weight is 360 g/mol. The molecule has 0 bridgehead atoms. The Bertz CT molecular complexity index is 832. The molecule has 0 aliphatic heterocycles. The van der Waals surface area contributed by atoms with Crippen molar-refractivity contribution in [2.24, 2.45) is 0 Å². The van der Waals surface area contributed by atoms with E-state index < -0.39 is 0 Å². The Morgan fingerprint density at radius 3 is 2.58 bits per heavy atom. The van der Waals surface area contributed by atoms with Crippen LogP contribution >= 0.6 is 23.4 Å². The third kappa shape index (κ3) is 4.12. The molecular formula is C16H14ClN5OS. The number of nitrogens with zero attached hydrogens (tertiary/aromatic N) is 4. The maximum absolute atomic E-state index is 12.0. The van der Waals surface area contributed by atoms with Gasteiger partial charge in [0, 0.05) is 10.7 Å². The van der Waals surface area contributed by atoms with E-state index in [0.717, 1.165) is 11.3 Å². The van der Waals surface area contributed by atoms with Crippen molar-refractivity contribution >= 4 is 35.0 Å². The van der Waals surface area contributed by atoms with E-state index >= 15 is 0 Å². The standard InChI is InChI=1S/C16H14ClN5OS/c1-11-2-8-14(9-3-11)22-16(19-20-21-22)24-10-15(23)18-13-6-4-12(17)5-7-13/h2-9H,10H2,1H3,(H,18,23). The summed E-state index contributed by atoms with van der Waals surface area (Å²) in [5.41, 5.74) is 2.71. The van der Waals surface area contributed by atoms with Crippen LogP contribution < -0.4 is 5.32 Å². The summed E-state index contributed by atoms with van der Waals surface area (Å²) in [7, 11) is 0. The fraction of sp³-hybridized carbons (Fsp3) is 0.125. The summed E-state index contributed by atoms with van der Waals surface area (Å²) in [6, 6.07) is 14.8. The van der Waals surface area contributed by atoms with Gasteiger partial charge in [-0.05, 0) is 53.7 Å². The summed E-state index contributed by atoms with van der Waals surface area (Å²) in [6.45, 7) is 2.01. The predicted molar refractivity (Wildman–Crippen MR) is 94.7 cm³/mol. The van der Waals surface area contributed by atoms with E-state index in [1.54, 1.807) is 28.9 Å². The van der Waals surface area contributed by atoms with E-state index in [2.05, 4.69) is 20.8 Å². The zero-order chi connectivity index (χ0) is 16.9. The van der Waals surface area contributed by atoms with Gasteiger partial charge < -0.3 is 5.32 Å². The maximum Gasteiger partial charge on any atom is 0.234 e. The lowest BCUT2D eigenvalue weighted by molar-refractivity contribution is -0.113. The summed E-state index contributed by atoms with van der Waals surface area (Å²) in [4.78, 5) is 12.0. The second-order valence-corrected chi connectivity index (χ2v) is 6.43.